The van der Waals surface area contributed by atoms with Crippen molar-refractivity contribution >= 4 is 29.3 Å². The van der Waals surface area contributed by atoms with Gasteiger partial charge in [0.2, 0.25) is 11.5 Å². The maximum atomic E-state index is 12.3. The molecule has 1 heterocycles. The lowest BCUT2D eigenvalue weighted by Gasteiger charge is -2.05. The Kier molecular flexibility index (Phi) is 5.46. The van der Waals surface area contributed by atoms with E-state index in [9.17, 15) is 19.2 Å². The number of hydrazine groups is 1. The molecule has 0 bridgehead atoms. The Labute approximate surface area is 141 Å². The number of nitrogen functional groups attached to an aromatic ring is 1. The minimum atomic E-state index is -1.18. The number of nitrogens with one attached hydrogen (secondary N) is 2. The largest absolute Gasteiger partial charge is 0.459 e. The third-order valence-electron chi connectivity index (χ3n) is 2.94. The number of amides is 2. The topological polar surface area (TPSA) is 154 Å². The predicted molar refractivity (Wildman–Crippen MR) is 83.0 cm³/mol. The molecule has 0 unspecified atom stereocenters. The van der Waals surface area contributed by atoms with E-state index in [0.29, 0.717) is 5.56 Å². The average Bonchev–Trinajstić information content (AvgIpc) is 3.01. The number of esters is 1. The number of aromatic nitrogens is 1. The van der Waals surface area contributed by atoms with Gasteiger partial charge in [0.25, 0.3) is 5.91 Å². The summed E-state index contributed by atoms with van der Waals surface area (Å²) in [5, 5.41) is 3.42. The van der Waals surface area contributed by atoms with Crippen molar-refractivity contribution in [1.82, 2.24) is 16.0 Å². The molecule has 0 radical (unpaired) electrons. The van der Waals surface area contributed by atoms with E-state index in [1.807, 2.05) is 10.9 Å². The fourth-order valence-corrected chi connectivity index (χ4v) is 1.77. The molecule has 0 spiro atoms. The lowest BCUT2D eigenvalue weighted by molar-refractivity contribution is -0.154. The first-order valence-electron chi connectivity index (χ1n) is 7.08. The third kappa shape index (κ3) is 3.99. The van der Waals surface area contributed by atoms with Gasteiger partial charge in [-0.15, -0.1) is 0 Å². The smallest absolute Gasteiger partial charge is 0.398 e. The molecule has 1 aromatic carbocycles. The van der Waals surface area contributed by atoms with Crippen molar-refractivity contribution < 1.29 is 28.4 Å². The number of anilines is 1. The van der Waals surface area contributed by atoms with Crippen LogP contribution in [0.4, 0.5) is 5.69 Å². The van der Waals surface area contributed by atoms with Crippen LogP contribution in [0.25, 0.3) is 0 Å². The van der Waals surface area contributed by atoms with E-state index in [1.165, 1.54) is 6.92 Å². The SMILES string of the molecule is CCOC(=O)C(=O)NNC(=O)c1noc(C(=O)c2ccccc2)c1N. The van der Waals surface area contributed by atoms with Crippen molar-refractivity contribution in [3.05, 3.63) is 47.3 Å². The van der Waals surface area contributed by atoms with Crippen LogP contribution in [0.3, 0.4) is 0 Å². The van der Waals surface area contributed by atoms with Crippen molar-refractivity contribution in [2.24, 2.45) is 0 Å². The molecule has 0 fully saturated rings. The zero-order valence-electron chi connectivity index (χ0n) is 13.1. The molecule has 10 nitrogen and oxygen atoms in total. The van der Waals surface area contributed by atoms with E-state index < -0.39 is 29.3 Å². The fraction of sp³-hybridized carbons (Fsp3) is 0.133. The molecule has 130 valence electrons. The van der Waals surface area contributed by atoms with Gasteiger partial charge in [0.05, 0.1) is 6.61 Å². The van der Waals surface area contributed by atoms with Crippen LogP contribution in [0, 0.1) is 0 Å². The van der Waals surface area contributed by atoms with Crippen LogP contribution < -0.4 is 16.6 Å². The molecule has 2 amide bonds. The van der Waals surface area contributed by atoms with Crippen molar-refractivity contribution in [2.75, 3.05) is 12.3 Å². The standard InChI is InChI=1S/C15H14N4O6/c1-2-24-15(23)14(22)18-17-13(21)10-9(16)12(25-19-10)11(20)8-6-4-3-5-7-8/h3-7H,2,16H2,1H3,(H,17,21)(H,18,22). The normalized spacial score (nSPS) is 9.96. The van der Waals surface area contributed by atoms with Crippen LogP contribution >= 0.6 is 0 Å². The quantitative estimate of drug-likeness (QED) is 0.298. The molecule has 0 atom stereocenters. The minimum Gasteiger partial charge on any atom is -0.459 e. The zero-order chi connectivity index (χ0) is 18.4. The molecule has 25 heavy (non-hydrogen) atoms. The number of hydrogen-bond acceptors (Lipinski definition) is 8. The molecule has 0 aliphatic carbocycles. The molecule has 0 aliphatic rings. The Morgan fingerprint density at radius 2 is 1.84 bits per heavy atom. The summed E-state index contributed by atoms with van der Waals surface area (Å²) in [6, 6.07) is 8.12. The summed E-state index contributed by atoms with van der Waals surface area (Å²) in [4.78, 5) is 46.6. The lowest BCUT2D eigenvalue weighted by Crippen LogP contribution is -2.45. The summed E-state index contributed by atoms with van der Waals surface area (Å²) < 4.78 is 9.28. The van der Waals surface area contributed by atoms with Crippen LogP contribution in [0.5, 0.6) is 0 Å². The van der Waals surface area contributed by atoms with E-state index in [4.69, 9.17) is 10.3 Å². The first-order valence-corrected chi connectivity index (χ1v) is 7.08. The second kappa shape index (κ2) is 7.73. The van der Waals surface area contributed by atoms with Gasteiger partial charge in [-0.05, 0) is 6.92 Å². The number of ketones is 1. The number of hydrogen-bond donors (Lipinski definition) is 3. The molecule has 10 heteroatoms. The number of nitrogens with zero attached hydrogens (tertiary/aromatic N) is 1. The van der Waals surface area contributed by atoms with Gasteiger partial charge in [-0.25, -0.2) is 4.79 Å². The van der Waals surface area contributed by atoms with Crippen molar-refractivity contribution in [1.29, 1.82) is 0 Å². The van der Waals surface area contributed by atoms with E-state index in [1.54, 1.807) is 30.3 Å². The highest BCUT2D eigenvalue weighted by molar-refractivity contribution is 6.32. The fourth-order valence-electron chi connectivity index (χ4n) is 1.77. The van der Waals surface area contributed by atoms with Gasteiger partial charge >= 0.3 is 11.9 Å². The molecular formula is C15H14N4O6. The van der Waals surface area contributed by atoms with Gasteiger partial charge in [0.15, 0.2) is 5.69 Å². The average molecular weight is 346 g/mol. The maximum Gasteiger partial charge on any atom is 0.398 e. The van der Waals surface area contributed by atoms with Crippen LogP contribution in [0.1, 0.15) is 33.5 Å². The van der Waals surface area contributed by atoms with Crippen molar-refractivity contribution in [3.8, 4) is 0 Å². The summed E-state index contributed by atoms with van der Waals surface area (Å²) in [5.74, 6) is -4.19. The highest BCUT2D eigenvalue weighted by Crippen LogP contribution is 2.20. The molecule has 2 aromatic rings. The summed E-state index contributed by atoms with van der Waals surface area (Å²) in [5.41, 5.74) is 9.05. The second-order valence-electron chi connectivity index (χ2n) is 4.60. The van der Waals surface area contributed by atoms with E-state index in [2.05, 4.69) is 9.89 Å². The number of benzene rings is 1. The molecule has 2 rings (SSSR count). The monoisotopic (exact) mass is 346 g/mol. The number of rotatable bonds is 4. The summed E-state index contributed by atoms with van der Waals surface area (Å²) >= 11 is 0. The first-order chi connectivity index (χ1) is 12.0. The van der Waals surface area contributed by atoms with E-state index in [-0.39, 0.29) is 18.1 Å². The molecule has 0 saturated carbocycles. The van der Waals surface area contributed by atoms with Crippen molar-refractivity contribution in [2.45, 2.75) is 6.92 Å². The lowest BCUT2D eigenvalue weighted by atomic mass is 10.1. The van der Waals surface area contributed by atoms with Crippen LogP contribution in [0.15, 0.2) is 34.9 Å². The Bertz CT molecular complexity index is 815. The zero-order valence-corrected chi connectivity index (χ0v) is 13.1. The number of nitrogens with two attached hydrogens (primary N) is 1. The molecular weight excluding hydrogens is 332 g/mol. The van der Waals surface area contributed by atoms with Crippen LogP contribution in [0.2, 0.25) is 0 Å². The Morgan fingerprint density at radius 1 is 1.16 bits per heavy atom. The van der Waals surface area contributed by atoms with E-state index >= 15 is 0 Å². The Morgan fingerprint density at radius 3 is 2.48 bits per heavy atom. The van der Waals surface area contributed by atoms with Gasteiger partial charge in [-0.3, -0.25) is 25.2 Å². The molecule has 1 aromatic heterocycles. The van der Waals surface area contributed by atoms with Crippen molar-refractivity contribution in [3.63, 3.8) is 0 Å². The summed E-state index contributed by atoms with van der Waals surface area (Å²) in [7, 11) is 0. The second-order valence-corrected chi connectivity index (χ2v) is 4.60. The number of ether oxygens (including phenoxy) is 1. The maximum absolute atomic E-state index is 12.3. The first kappa shape index (κ1) is 17.7. The summed E-state index contributed by atoms with van der Waals surface area (Å²) in [6.45, 7) is 1.52. The van der Waals surface area contributed by atoms with Gasteiger partial charge in [-0.2, -0.15) is 0 Å². The van der Waals surface area contributed by atoms with E-state index in [0.717, 1.165) is 0 Å². The van der Waals surface area contributed by atoms with Gasteiger partial charge in [-0.1, -0.05) is 35.5 Å². The number of carbonyl (C=O) groups excluding carboxylic acids is 4. The van der Waals surface area contributed by atoms with Crippen LogP contribution in [-0.4, -0.2) is 35.3 Å². The highest BCUT2D eigenvalue weighted by Gasteiger charge is 2.26. The van der Waals surface area contributed by atoms with Gasteiger partial charge in [0, 0.05) is 5.56 Å². The Balaban J connectivity index is 2.07. The van der Waals surface area contributed by atoms with Gasteiger partial charge < -0.3 is 15.0 Å². The number of carbonyl (C=O) groups is 4. The molecule has 4 N–H and O–H groups in total. The molecule has 0 saturated heterocycles. The minimum absolute atomic E-state index is 0.00138. The third-order valence-corrected chi connectivity index (χ3v) is 2.94. The molecule has 0 aliphatic heterocycles. The summed E-state index contributed by atoms with van der Waals surface area (Å²) in [6.07, 6.45) is 0. The predicted octanol–water partition coefficient (Wildman–Crippen LogP) is -0.188. The highest BCUT2D eigenvalue weighted by atomic mass is 16.5. The van der Waals surface area contributed by atoms with Crippen LogP contribution in [-0.2, 0) is 14.3 Å². The van der Waals surface area contributed by atoms with Gasteiger partial charge in [0.1, 0.15) is 5.69 Å². The Hall–Kier alpha value is -3.69.